The number of hydrogen-bond donors (Lipinski definition) is 1. The molecule has 4 aromatic rings. The van der Waals surface area contributed by atoms with Crippen molar-refractivity contribution in [2.45, 2.75) is 19.5 Å². The molecule has 0 spiro atoms. The number of aromatic nitrogens is 2. The fourth-order valence-electron chi connectivity index (χ4n) is 3.26. The second-order valence-electron chi connectivity index (χ2n) is 6.68. The molecule has 0 aliphatic rings. The van der Waals surface area contributed by atoms with Crippen molar-refractivity contribution in [2.24, 2.45) is 0 Å². The van der Waals surface area contributed by atoms with Crippen LogP contribution in [0.2, 0.25) is 0 Å². The smallest absolute Gasteiger partial charge is 0.111 e. The molecule has 0 aliphatic heterocycles. The minimum absolute atomic E-state index is 0.809. The summed E-state index contributed by atoms with van der Waals surface area (Å²) < 4.78 is 2.07. The van der Waals surface area contributed by atoms with Gasteiger partial charge in [-0.25, -0.2) is 0 Å². The van der Waals surface area contributed by atoms with Crippen molar-refractivity contribution in [1.29, 1.82) is 0 Å². The molecule has 4 heteroatoms. The number of rotatable bonds is 8. The molecular weight excluding hydrogens is 350 g/mol. The molecule has 0 radical (unpaired) electrons. The van der Waals surface area contributed by atoms with Gasteiger partial charge in [-0.1, -0.05) is 66.7 Å². The van der Waals surface area contributed by atoms with Gasteiger partial charge < -0.3 is 5.32 Å². The summed E-state index contributed by atoms with van der Waals surface area (Å²) in [6.45, 7) is 2.84. The summed E-state index contributed by atoms with van der Waals surface area (Å²) in [7, 11) is 0. The molecule has 0 unspecified atom stereocenters. The summed E-state index contributed by atoms with van der Waals surface area (Å²) in [4.78, 5) is 1.24. The largest absolute Gasteiger partial charge is 0.342 e. The molecule has 0 aliphatic carbocycles. The third kappa shape index (κ3) is 4.73. The first-order chi connectivity index (χ1) is 13.4. The van der Waals surface area contributed by atoms with Crippen LogP contribution in [0.15, 0.2) is 84.4 Å². The van der Waals surface area contributed by atoms with E-state index >= 15 is 0 Å². The van der Waals surface area contributed by atoms with Gasteiger partial charge in [-0.15, -0.1) is 11.3 Å². The van der Waals surface area contributed by atoms with Gasteiger partial charge in [0.1, 0.15) is 12.2 Å². The fraction of sp³-hybridized carbons (Fsp3) is 0.174. The molecule has 0 fully saturated rings. The zero-order chi connectivity index (χ0) is 18.3. The minimum atomic E-state index is 0.809. The Balaban J connectivity index is 1.45. The van der Waals surface area contributed by atoms with E-state index in [0.717, 1.165) is 31.7 Å². The van der Waals surface area contributed by atoms with Crippen LogP contribution in [0.4, 0.5) is 0 Å². The number of benzene rings is 2. The Morgan fingerprint density at radius 2 is 1.59 bits per heavy atom. The lowest BCUT2D eigenvalue weighted by Crippen LogP contribution is -2.83. The molecule has 0 atom stereocenters. The highest BCUT2D eigenvalue weighted by Crippen LogP contribution is 2.26. The highest BCUT2D eigenvalue weighted by atomic mass is 32.1. The second kappa shape index (κ2) is 8.80. The van der Waals surface area contributed by atoms with Crippen LogP contribution in [-0.2, 0) is 19.5 Å². The van der Waals surface area contributed by atoms with Crippen LogP contribution in [0.5, 0.6) is 0 Å². The molecule has 136 valence electrons. The van der Waals surface area contributed by atoms with E-state index in [1.807, 2.05) is 0 Å². The van der Waals surface area contributed by atoms with Gasteiger partial charge in [-0.2, -0.15) is 5.10 Å². The van der Waals surface area contributed by atoms with Crippen LogP contribution in [0.25, 0.3) is 10.6 Å². The van der Waals surface area contributed by atoms with E-state index in [9.17, 15) is 0 Å². The number of nitrogens with zero attached hydrogens (tertiary/aromatic N) is 2. The Morgan fingerprint density at radius 1 is 0.852 bits per heavy atom. The Labute approximate surface area is 164 Å². The summed E-state index contributed by atoms with van der Waals surface area (Å²) in [5.74, 6) is 0. The van der Waals surface area contributed by atoms with Crippen molar-refractivity contribution in [3.8, 4) is 10.6 Å². The SMILES string of the molecule is c1ccc(CC[NH2+]Cc2cn(Cc3ccccc3)nc2-c2cccs2)cc1. The van der Waals surface area contributed by atoms with Gasteiger partial charge in [0.2, 0.25) is 0 Å². The number of hydrogen-bond acceptors (Lipinski definition) is 2. The zero-order valence-corrected chi connectivity index (χ0v) is 16.1. The molecule has 2 aromatic carbocycles. The molecule has 2 N–H and O–H groups in total. The number of quaternary nitrogens is 1. The predicted molar refractivity (Wildman–Crippen MR) is 112 cm³/mol. The maximum Gasteiger partial charge on any atom is 0.111 e. The number of thiophene rings is 1. The van der Waals surface area contributed by atoms with Gasteiger partial charge >= 0.3 is 0 Å². The molecule has 0 saturated carbocycles. The lowest BCUT2D eigenvalue weighted by atomic mass is 10.1. The van der Waals surface area contributed by atoms with Gasteiger partial charge in [0.25, 0.3) is 0 Å². The normalized spacial score (nSPS) is 11.0. The molecule has 0 amide bonds. The summed E-state index contributed by atoms with van der Waals surface area (Å²) in [6.07, 6.45) is 3.30. The van der Waals surface area contributed by atoms with Gasteiger partial charge in [-0.05, 0) is 22.6 Å². The van der Waals surface area contributed by atoms with Crippen molar-refractivity contribution in [3.63, 3.8) is 0 Å². The summed E-state index contributed by atoms with van der Waals surface area (Å²) >= 11 is 1.76. The highest BCUT2D eigenvalue weighted by molar-refractivity contribution is 7.13. The predicted octanol–water partition coefficient (Wildman–Crippen LogP) is 3.97. The summed E-state index contributed by atoms with van der Waals surface area (Å²) in [5.41, 5.74) is 5.10. The van der Waals surface area contributed by atoms with Crippen molar-refractivity contribution in [2.75, 3.05) is 6.54 Å². The minimum Gasteiger partial charge on any atom is -0.342 e. The first kappa shape index (κ1) is 17.7. The molecule has 3 nitrogen and oxygen atoms in total. The van der Waals surface area contributed by atoms with Crippen LogP contribution in [0.1, 0.15) is 16.7 Å². The van der Waals surface area contributed by atoms with E-state index in [-0.39, 0.29) is 0 Å². The maximum atomic E-state index is 4.89. The molecule has 27 heavy (non-hydrogen) atoms. The Morgan fingerprint density at radius 3 is 2.30 bits per heavy atom. The topological polar surface area (TPSA) is 34.4 Å². The van der Waals surface area contributed by atoms with E-state index in [2.05, 4.69) is 94.4 Å². The molecule has 4 rings (SSSR count). The van der Waals surface area contributed by atoms with Crippen LogP contribution in [0.3, 0.4) is 0 Å². The zero-order valence-electron chi connectivity index (χ0n) is 15.3. The van der Waals surface area contributed by atoms with E-state index in [1.165, 1.54) is 21.6 Å². The number of nitrogens with two attached hydrogens (primary N) is 1. The highest BCUT2D eigenvalue weighted by Gasteiger charge is 2.13. The molecular formula is C23H24N3S+. The van der Waals surface area contributed by atoms with E-state index in [0.29, 0.717) is 0 Å². The van der Waals surface area contributed by atoms with Crippen molar-refractivity contribution >= 4 is 11.3 Å². The van der Waals surface area contributed by atoms with Gasteiger partial charge in [0, 0.05) is 12.6 Å². The summed E-state index contributed by atoms with van der Waals surface area (Å²) in [5, 5.41) is 9.39. The van der Waals surface area contributed by atoms with Crippen LogP contribution < -0.4 is 5.32 Å². The third-order valence-corrected chi connectivity index (χ3v) is 5.50. The molecule has 2 aromatic heterocycles. The summed E-state index contributed by atoms with van der Waals surface area (Å²) in [6, 6.07) is 25.5. The van der Waals surface area contributed by atoms with E-state index < -0.39 is 0 Å². The second-order valence-corrected chi connectivity index (χ2v) is 7.63. The molecule has 0 saturated heterocycles. The Kier molecular flexibility index (Phi) is 5.77. The van der Waals surface area contributed by atoms with Crippen molar-refractivity contribution in [3.05, 3.63) is 101 Å². The van der Waals surface area contributed by atoms with Crippen LogP contribution >= 0.6 is 11.3 Å². The maximum absolute atomic E-state index is 4.89. The van der Waals surface area contributed by atoms with E-state index in [1.54, 1.807) is 11.3 Å². The Bertz CT molecular complexity index is 944. The average molecular weight is 375 g/mol. The third-order valence-electron chi connectivity index (χ3n) is 4.62. The van der Waals surface area contributed by atoms with Crippen molar-refractivity contribution in [1.82, 2.24) is 9.78 Å². The quantitative estimate of drug-likeness (QED) is 0.465. The Hall–Kier alpha value is -2.69. The van der Waals surface area contributed by atoms with Crippen LogP contribution in [0, 0.1) is 0 Å². The lowest BCUT2D eigenvalue weighted by molar-refractivity contribution is -0.670. The first-order valence-corrected chi connectivity index (χ1v) is 10.3. The fourth-order valence-corrected chi connectivity index (χ4v) is 4.00. The molecule has 2 heterocycles. The monoisotopic (exact) mass is 374 g/mol. The average Bonchev–Trinajstić information content (AvgIpc) is 3.37. The molecule has 0 bridgehead atoms. The van der Waals surface area contributed by atoms with Crippen molar-refractivity contribution < 1.29 is 5.32 Å². The first-order valence-electron chi connectivity index (χ1n) is 9.38. The van der Waals surface area contributed by atoms with Gasteiger partial charge in [-0.3, -0.25) is 4.68 Å². The van der Waals surface area contributed by atoms with Gasteiger partial charge in [0.15, 0.2) is 0 Å². The van der Waals surface area contributed by atoms with Gasteiger partial charge in [0.05, 0.1) is 23.5 Å². The standard InChI is InChI=1S/C23H23N3S/c1-3-8-19(9-4-1)13-14-24-16-21-18-26(17-20-10-5-2-6-11-20)25-23(21)22-12-7-15-27-22/h1-12,15,18,24H,13-14,16-17H2/p+1. The van der Waals surface area contributed by atoms with Crippen LogP contribution in [-0.4, -0.2) is 16.3 Å². The lowest BCUT2D eigenvalue weighted by Gasteiger charge is -2.02. The van der Waals surface area contributed by atoms with E-state index in [4.69, 9.17) is 5.10 Å².